The second-order valence-corrected chi connectivity index (χ2v) is 5.10. The van der Waals surface area contributed by atoms with Gasteiger partial charge in [0.2, 0.25) is 5.88 Å². The van der Waals surface area contributed by atoms with Gasteiger partial charge < -0.3 is 9.72 Å². The standard InChI is InChI=1S/C13H13BrN2O2/c1-8(2)13-15-11(17)7-12(16-13)18-10-5-3-4-9(14)6-10/h3-8H,1-2H3,(H,15,16,17). The Morgan fingerprint density at radius 2 is 2.11 bits per heavy atom. The van der Waals surface area contributed by atoms with Crippen molar-refractivity contribution >= 4 is 15.9 Å². The third kappa shape index (κ3) is 3.20. The minimum absolute atomic E-state index is 0.142. The average Bonchev–Trinajstić information content (AvgIpc) is 2.28. The van der Waals surface area contributed by atoms with E-state index in [-0.39, 0.29) is 11.5 Å². The molecule has 0 aliphatic carbocycles. The monoisotopic (exact) mass is 308 g/mol. The molecule has 0 unspecified atom stereocenters. The minimum Gasteiger partial charge on any atom is -0.439 e. The lowest BCUT2D eigenvalue weighted by atomic mass is 10.2. The van der Waals surface area contributed by atoms with Crippen LogP contribution in [0.1, 0.15) is 25.6 Å². The summed E-state index contributed by atoms with van der Waals surface area (Å²) in [6.07, 6.45) is 0. The molecule has 0 atom stereocenters. The van der Waals surface area contributed by atoms with E-state index in [2.05, 4.69) is 25.9 Å². The Bertz CT molecular complexity index is 608. The lowest BCUT2D eigenvalue weighted by Gasteiger charge is -2.08. The zero-order valence-corrected chi connectivity index (χ0v) is 11.7. The molecule has 2 rings (SSSR count). The molecule has 1 aromatic heterocycles. The van der Waals surface area contributed by atoms with Crippen molar-refractivity contribution in [3.63, 3.8) is 0 Å². The van der Waals surface area contributed by atoms with E-state index in [0.717, 1.165) is 4.47 Å². The molecule has 0 saturated carbocycles. The number of rotatable bonds is 3. The van der Waals surface area contributed by atoms with Gasteiger partial charge in [-0.2, -0.15) is 4.98 Å². The van der Waals surface area contributed by atoms with E-state index in [9.17, 15) is 4.79 Å². The molecule has 0 amide bonds. The molecular weight excluding hydrogens is 296 g/mol. The SMILES string of the molecule is CC(C)c1nc(Oc2cccc(Br)c2)cc(=O)[nH]1. The van der Waals surface area contributed by atoms with Gasteiger partial charge in [-0.1, -0.05) is 35.8 Å². The van der Waals surface area contributed by atoms with Gasteiger partial charge in [-0.3, -0.25) is 4.79 Å². The van der Waals surface area contributed by atoms with Crippen LogP contribution in [0.25, 0.3) is 0 Å². The van der Waals surface area contributed by atoms with Gasteiger partial charge in [-0.15, -0.1) is 0 Å². The minimum atomic E-state index is -0.210. The van der Waals surface area contributed by atoms with Gasteiger partial charge in [0.1, 0.15) is 11.6 Å². The molecule has 18 heavy (non-hydrogen) atoms. The van der Waals surface area contributed by atoms with Crippen molar-refractivity contribution in [3.05, 3.63) is 51.0 Å². The van der Waals surface area contributed by atoms with Crippen LogP contribution in [0.15, 0.2) is 39.6 Å². The number of H-pyrrole nitrogens is 1. The second kappa shape index (κ2) is 5.35. The Labute approximate surface area is 113 Å². The molecule has 1 N–H and O–H groups in total. The van der Waals surface area contributed by atoms with Gasteiger partial charge in [0.25, 0.3) is 5.56 Å². The van der Waals surface area contributed by atoms with Crippen molar-refractivity contribution < 1.29 is 4.74 Å². The number of nitrogens with one attached hydrogen (secondary N) is 1. The topological polar surface area (TPSA) is 55.0 Å². The summed E-state index contributed by atoms with van der Waals surface area (Å²) in [7, 11) is 0. The van der Waals surface area contributed by atoms with E-state index in [0.29, 0.717) is 17.5 Å². The molecule has 5 heteroatoms. The van der Waals surface area contributed by atoms with Crippen LogP contribution in [0.4, 0.5) is 0 Å². The Morgan fingerprint density at radius 1 is 1.33 bits per heavy atom. The van der Waals surface area contributed by atoms with Gasteiger partial charge >= 0.3 is 0 Å². The van der Waals surface area contributed by atoms with Crippen LogP contribution >= 0.6 is 15.9 Å². The van der Waals surface area contributed by atoms with Crippen LogP contribution in [0.2, 0.25) is 0 Å². The molecule has 4 nitrogen and oxygen atoms in total. The van der Waals surface area contributed by atoms with E-state index in [4.69, 9.17) is 4.74 Å². The van der Waals surface area contributed by atoms with Crippen LogP contribution < -0.4 is 10.3 Å². The van der Waals surface area contributed by atoms with Crippen molar-refractivity contribution in [1.82, 2.24) is 9.97 Å². The summed E-state index contributed by atoms with van der Waals surface area (Å²) in [6.45, 7) is 3.92. The fourth-order valence-electron chi connectivity index (χ4n) is 1.43. The Morgan fingerprint density at radius 3 is 2.78 bits per heavy atom. The van der Waals surface area contributed by atoms with Crippen molar-refractivity contribution in [2.75, 3.05) is 0 Å². The molecule has 0 bridgehead atoms. The van der Waals surface area contributed by atoms with Crippen molar-refractivity contribution in [2.45, 2.75) is 19.8 Å². The lowest BCUT2D eigenvalue weighted by Crippen LogP contribution is -2.11. The van der Waals surface area contributed by atoms with Gasteiger partial charge in [-0.05, 0) is 18.2 Å². The highest BCUT2D eigenvalue weighted by atomic mass is 79.9. The van der Waals surface area contributed by atoms with Gasteiger partial charge in [0, 0.05) is 10.4 Å². The Kier molecular flexibility index (Phi) is 3.81. The van der Waals surface area contributed by atoms with Crippen LogP contribution in [-0.4, -0.2) is 9.97 Å². The first kappa shape index (κ1) is 12.8. The first-order valence-electron chi connectivity index (χ1n) is 5.59. The summed E-state index contributed by atoms with van der Waals surface area (Å²) in [6, 6.07) is 8.72. The predicted octanol–water partition coefficient (Wildman–Crippen LogP) is 3.45. The maximum atomic E-state index is 11.5. The predicted molar refractivity (Wildman–Crippen MR) is 73.2 cm³/mol. The highest BCUT2D eigenvalue weighted by Gasteiger charge is 2.07. The molecule has 0 aliphatic rings. The highest BCUT2D eigenvalue weighted by Crippen LogP contribution is 2.22. The molecule has 1 aromatic carbocycles. The smallest absolute Gasteiger partial charge is 0.254 e. The number of aromatic nitrogens is 2. The third-order valence-electron chi connectivity index (χ3n) is 2.30. The number of nitrogens with zero attached hydrogens (tertiary/aromatic N) is 1. The first-order valence-corrected chi connectivity index (χ1v) is 6.38. The normalized spacial score (nSPS) is 10.7. The molecule has 0 radical (unpaired) electrons. The van der Waals surface area contributed by atoms with Crippen LogP contribution in [0, 0.1) is 0 Å². The van der Waals surface area contributed by atoms with Gasteiger partial charge in [0.15, 0.2) is 0 Å². The summed E-state index contributed by atoms with van der Waals surface area (Å²) in [5.41, 5.74) is -0.210. The number of ether oxygens (including phenoxy) is 1. The molecule has 0 saturated heterocycles. The van der Waals surface area contributed by atoms with Crippen molar-refractivity contribution in [2.24, 2.45) is 0 Å². The maximum absolute atomic E-state index is 11.5. The number of hydrogen-bond acceptors (Lipinski definition) is 3. The molecule has 94 valence electrons. The van der Waals surface area contributed by atoms with Crippen molar-refractivity contribution in [3.8, 4) is 11.6 Å². The summed E-state index contributed by atoms with van der Waals surface area (Å²) >= 11 is 3.36. The fourth-order valence-corrected chi connectivity index (χ4v) is 1.81. The van der Waals surface area contributed by atoms with Crippen LogP contribution in [-0.2, 0) is 0 Å². The molecule has 0 aliphatic heterocycles. The quantitative estimate of drug-likeness (QED) is 0.945. The fraction of sp³-hybridized carbons (Fsp3) is 0.231. The lowest BCUT2D eigenvalue weighted by molar-refractivity contribution is 0.455. The Hall–Kier alpha value is -1.62. The summed E-state index contributed by atoms with van der Waals surface area (Å²) < 4.78 is 6.48. The van der Waals surface area contributed by atoms with E-state index in [1.165, 1.54) is 6.07 Å². The molecule has 0 spiro atoms. The third-order valence-corrected chi connectivity index (χ3v) is 2.80. The van der Waals surface area contributed by atoms with E-state index in [1.54, 1.807) is 0 Å². The number of benzene rings is 1. The van der Waals surface area contributed by atoms with Gasteiger partial charge in [-0.25, -0.2) is 0 Å². The number of aromatic amines is 1. The zero-order chi connectivity index (χ0) is 13.1. The first-order chi connectivity index (χ1) is 8.54. The van der Waals surface area contributed by atoms with E-state index >= 15 is 0 Å². The van der Waals surface area contributed by atoms with Crippen molar-refractivity contribution in [1.29, 1.82) is 0 Å². The average molecular weight is 309 g/mol. The van der Waals surface area contributed by atoms with Crippen LogP contribution in [0.5, 0.6) is 11.6 Å². The van der Waals surface area contributed by atoms with Crippen LogP contribution in [0.3, 0.4) is 0 Å². The van der Waals surface area contributed by atoms with Gasteiger partial charge in [0.05, 0.1) is 6.07 Å². The molecular formula is C13H13BrN2O2. The number of halogens is 1. The van der Waals surface area contributed by atoms with E-state index < -0.39 is 0 Å². The molecule has 2 aromatic rings. The number of hydrogen-bond donors (Lipinski definition) is 1. The summed E-state index contributed by atoms with van der Waals surface area (Å²) in [5.74, 6) is 1.70. The highest BCUT2D eigenvalue weighted by molar-refractivity contribution is 9.10. The van der Waals surface area contributed by atoms with E-state index in [1.807, 2.05) is 38.1 Å². The zero-order valence-electron chi connectivity index (χ0n) is 10.1. The second-order valence-electron chi connectivity index (χ2n) is 4.18. The molecule has 0 fully saturated rings. The summed E-state index contributed by atoms with van der Waals surface area (Å²) in [5, 5.41) is 0. The maximum Gasteiger partial charge on any atom is 0.254 e. The largest absolute Gasteiger partial charge is 0.439 e. The Balaban J connectivity index is 2.32. The summed E-state index contributed by atoms with van der Waals surface area (Å²) in [4.78, 5) is 18.4. The molecule has 1 heterocycles.